The first-order chi connectivity index (χ1) is 11.8. The summed E-state index contributed by atoms with van der Waals surface area (Å²) in [5, 5.41) is 8.85. The monoisotopic (exact) mass is 383 g/mol. The van der Waals surface area contributed by atoms with E-state index in [9.17, 15) is 17.6 Å². The second kappa shape index (κ2) is 5.44. The number of benzene rings is 1. The van der Waals surface area contributed by atoms with Gasteiger partial charge in [-0.15, -0.1) is 10.2 Å². The number of hydrogen-bond acceptors (Lipinski definition) is 6. The van der Waals surface area contributed by atoms with Crippen molar-refractivity contribution in [2.45, 2.75) is 30.2 Å². The molecule has 0 bridgehead atoms. The SMILES string of the molecule is Cc1nnc(-n2c(=O)[nH]c3ccc(S(=O)(=O)NC4(CF)CC4)cc32)s1. The Hall–Kier alpha value is -2.11. The molecular formula is C14H14FN5O3S2. The van der Waals surface area contributed by atoms with Crippen LogP contribution in [0.1, 0.15) is 17.8 Å². The lowest BCUT2D eigenvalue weighted by Crippen LogP contribution is -2.38. The summed E-state index contributed by atoms with van der Waals surface area (Å²) in [5.74, 6) is 0. The number of H-pyrrole nitrogens is 1. The third-order valence-electron chi connectivity index (χ3n) is 4.13. The molecule has 0 saturated heterocycles. The molecule has 8 nitrogen and oxygen atoms in total. The Labute approximate surface area is 145 Å². The number of fused-ring (bicyclic) bond motifs is 1. The van der Waals surface area contributed by atoms with E-state index in [4.69, 9.17) is 0 Å². The van der Waals surface area contributed by atoms with Gasteiger partial charge in [-0.2, -0.15) is 0 Å². The van der Waals surface area contributed by atoms with E-state index in [0.29, 0.717) is 34.0 Å². The van der Waals surface area contributed by atoms with E-state index in [0.717, 1.165) is 0 Å². The van der Waals surface area contributed by atoms with Gasteiger partial charge >= 0.3 is 5.69 Å². The van der Waals surface area contributed by atoms with Gasteiger partial charge in [0.25, 0.3) is 0 Å². The molecule has 0 unspecified atom stereocenters. The number of aromatic nitrogens is 4. The molecule has 0 atom stereocenters. The maximum Gasteiger partial charge on any atom is 0.332 e. The van der Waals surface area contributed by atoms with Crippen LogP contribution in [0.2, 0.25) is 0 Å². The number of halogens is 1. The van der Waals surface area contributed by atoms with Crippen molar-refractivity contribution in [2.24, 2.45) is 0 Å². The minimum Gasteiger partial charge on any atom is -0.305 e. The largest absolute Gasteiger partial charge is 0.332 e. The summed E-state index contributed by atoms with van der Waals surface area (Å²) >= 11 is 1.22. The lowest BCUT2D eigenvalue weighted by Gasteiger charge is -2.13. The highest BCUT2D eigenvalue weighted by Crippen LogP contribution is 2.37. The summed E-state index contributed by atoms with van der Waals surface area (Å²) in [7, 11) is -3.90. The van der Waals surface area contributed by atoms with Gasteiger partial charge in [0.15, 0.2) is 0 Å². The molecule has 0 amide bonds. The molecule has 132 valence electrons. The van der Waals surface area contributed by atoms with Gasteiger partial charge in [-0.1, -0.05) is 11.3 Å². The number of aryl methyl sites for hydroxylation is 1. The molecule has 25 heavy (non-hydrogen) atoms. The normalized spacial score (nSPS) is 16.4. The molecule has 1 aliphatic rings. The standard InChI is InChI=1S/C14H14FN5O3S2/c1-8-17-18-13(24-8)20-11-6-9(2-3-10(11)16-12(20)21)25(22,23)19-14(7-15)4-5-14/h2-3,6,19H,4-5,7H2,1H3,(H,16,21). The van der Waals surface area contributed by atoms with Crippen LogP contribution in [0.4, 0.5) is 4.39 Å². The Kier molecular flexibility index (Phi) is 3.56. The van der Waals surface area contributed by atoms with Gasteiger partial charge in [0.1, 0.15) is 11.7 Å². The van der Waals surface area contributed by atoms with E-state index in [1.165, 1.54) is 34.1 Å². The Morgan fingerprint density at radius 3 is 2.76 bits per heavy atom. The zero-order valence-corrected chi connectivity index (χ0v) is 14.7. The van der Waals surface area contributed by atoms with Crippen LogP contribution in [0.3, 0.4) is 0 Å². The third-order valence-corrected chi connectivity index (χ3v) is 6.53. The first-order valence-electron chi connectivity index (χ1n) is 7.49. The summed E-state index contributed by atoms with van der Waals surface area (Å²) in [6.45, 7) is 1.01. The highest BCUT2D eigenvalue weighted by atomic mass is 32.2. The minimum absolute atomic E-state index is 0.0336. The molecule has 3 aromatic rings. The zero-order chi connectivity index (χ0) is 17.8. The minimum atomic E-state index is -3.90. The van der Waals surface area contributed by atoms with E-state index in [1.807, 2.05) is 0 Å². The van der Waals surface area contributed by atoms with Crippen LogP contribution >= 0.6 is 11.3 Å². The predicted octanol–water partition coefficient (Wildman–Crippen LogP) is 1.26. The first-order valence-corrected chi connectivity index (χ1v) is 9.79. The summed E-state index contributed by atoms with van der Waals surface area (Å²) in [4.78, 5) is 14.8. The van der Waals surface area contributed by atoms with Crippen LogP contribution in [0.25, 0.3) is 16.2 Å². The second-order valence-electron chi connectivity index (χ2n) is 6.07. The molecule has 4 rings (SSSR count). The fourth-order valence-electron chi connectivity index (χ4n) is 2.57. The molecule has 0 aliphatic heterocycles. The van der Waals surface area contributed by atoms with Crippen molar-refractivity contribution in [3.05, 3.63) is 33.7 Å². The molecule has 1 aliphatic carbocycles. The number of aromatic amines is 1. The molecule has 1 fully saturated rings. The van der Waals surface area contributed by atoms with Crippen LogP contribution in [0, 0.1) is 6.92 Å². The summed E-state index contributed by atoms with van der Waals surface area (Å²) in [6, 6.07) is 4.26. The molecule has 1 aromatic carbocycles. The van der Waals surface area contributed by atoms with Gasteiger partial charge in [-0.05, 0) is 38.0 Å². The van der Waals surface area contributed by atoms with Crippen LogP contribution in [0.5, 0.6) is 0 Å². The van der Waals surface area contributed by atoms with Gasteiger partial charge < -0.3 is 4.98 Å². The number of imidazole rings is 1. The quantitative estimate of drug-likeness (QED) is 0.689. The Morgan fingerprint density at radius 1 is 1.40 bits per heavy atom. The Bertz CT molecular complexity index is 1130. The Balaban J connectivity index is 1.84. The van der Waals surface area contributed by atoms with Crippen molar-refractivity contribution in [3.8, 4) is 5.13 Å². The van der Waals surface area contributed by atoms with Crippen LogP contribution in [-0.2, 0) is 10.0 Å². The predicted molar refractivity (Wildman–Crippen MR) is 90.4 cm³/mol. The van der Waals surface area contributed by atoms with Gasteiger partial charge in [0, 0.05) is 0 Å². The number of nitrogens with one attached hydrogen (secondary N) is 2. The van der Waals surface area contributed by atoms with Gasteiger partial charge in [-0.3, -0.25) is 0 Å². The van der Waals surface area contributed by atoms with E-state index in [1.54, 1.807) is 6.92 Å². The number of rotatable bonds is 5. The highest BCUT2D eigenvalue weighted by Gasteiger charge is 2.46. The lowest BCUT2D eigenvalue weighted by molar-refractivity contribution is 0.393. The van der Waals surface area contributed by atoms with Gasteiger partial charge in [0.05, 0.1) is 21.5 Å². The van der Waals surface area contributed by atoms with E-state index in [-0.39, 0.29) is 4.90 Å². The number of hydrogen-bond donors (Lipinski definition) is 2. The third kappa shape index (κ3) is 2.77. The van der Waals surface area contributed by atoms with Crippen LogP contribution in [0.15, 0.2) is 27.9 Å². The smallest absolute Gasteiger partial charge is 0.305 e. The molecule has 1 saturated carbocycles. The van der Waals surface area contributed by atoms with Gasteiger partial charge in [-0.25, -0.2) is 26.9 Å². The molecule has 0 spiro atoms. The fourth-order valence-corrected chi connectivity index (χ4v) is 4.73. The number of sulfonamides is 1. The van der Waals surface area contributed by atoms with E-state index >= 15 is 0 Å². The molecular weight excluding hydrogens is 369 g/mol. The molecule has 2 heterocycles. The average Bonchev–Trinajstić information content (AvgIpc) is 3.06. The summed E-state index contributed by atoms with van der Waals surface area (Å²) < 4.78 is 41.8. The average molecular weight is 383 g/mol. The van der Waals surface area contributed by atoms with Crippen molar-refractivity contribution >= 4 is 32.4 Å². The highest BCUT2D eigenvalue weighted by molar-refractivity contribution is 7.89. The summed E-state index contributed by atoms with van der Waals surface area (Å²) in [5.41, 5.74) is -0.573. The topological polar surface area (TPSA) is 110 Å². The van der Waals surface area contributed by atoms with Crippen molar-refractivity contribution in [1.29, 1.82) is 0 Å². The van der Waals surface area contributed by atoms with E-state index in [2.05, 4.69) is 19.9 Å². The van der Waals surface area contributed by atoms with Crippen molar-refractivity contribution in [3.63, 3.8) is 0 Å². The van der Waals surface area contributed by atoms with Crippen LogP contribution in [-0.4, -0.2) is 40.4 Å². The van der Waals surface area contributed by atoms with E-state index < -0.39 is 27.9 Å². The maximum absolute atomic E-state index is 13.0. The molecule has 2 N–H and O–H groups in total. The molecule has 2 aromatic heterocycles. The fraction of sp³-hybridized carbons (Fsp3) is 0.357. The first kappa shape index (κ1) is 16.4. The number of nitrogens with zero attached hydrogens (tertiary/aromatic N) is 3. The van der Waals surface area contributed by atoms with Crippen molar-refractivity contribution < 1.29 is 12.8 Å². The molecule has 11 heteroatoms. The second-order valence-corrected chi connectivity index (χ2v) is 8.91. The van der Waals surface area contributed by atoms with Crippen molar-refractivity contribution in [2.75, 3.05) is 6.67 Å². The van der Waals surface area contributed by atoms with Crippen LogP contribution < -0.4 is 10.4 Å². The Morgan fingerprint density at radius 2 is 2.16 bits per heavy atom. The van der Waals surface area contributed by atoms with Crippen molar-refractivity contribution in [1.82, 2.24) is 24.5 Å². The number of alkyl halides is 1. The zero-order valence-electron chi connectivity index (χ0n) is 13.1. The summed E-state index contributed by atoms with van der Waals surface area (Å²) in [6.07, 6.45) is 0.952. The van der Waals surface area contributed by atoms with Gasteiger partial charge in [0.2, 0.25) is 15.2 Å². The lowest BCUT2D eigenvalue weighted by atomic mass is 10.3. The molecule has 0 radical (unpaired) electrons. The maximum atomic E-state index is 13.0.